The van der Waals surface area contributed by atoms with E-state index in [9.17, 15) is 24.1 Å². The predicted octanol–water partition coefficient (Wildman–Crippen LogP) is 1.16. The summed E-state index contributed by atoms with van der Waals surface area (Å²) in [6, 6.07) is 2.04. The largest absolute Gasteiger partial charge is 0.480 e. The van der Waals surface area contributed by atoms with E-state index in [-0.39, 0.29) is 0 Å². The maximum absolute atomic E-state index is 12.9. The van der Waals surface area contributed by atoms with Crippen LogP contribution in [0, 0.1) is 15.9 Å². The second-order valence-electron chi connectivity index (χ2n) is 3.65. The summed E-state index contributed by atoms with van der Waals surface area (Å²) in [5, 5.41) is 28.6. The van der Waals surface area contributed by atoms with Gasteiger partial charge in [-0.2, -0.15) is 0 Å². The Kier molecular flexibility index (Phi) is 3.31. The first kappa shape index (κ1) is 13.6. The van der Waals surface area contributed by atoms with Crippen LogP contribution in [0.5, 0.6) is 0 Å². The predicted molar refractivity (Wildman–Crippen MR) is 55.7 cm³/mol. The summed E-state index contributed by atoms with van der Waals surface area (Å²) in [5.74, 6) is -4.50. The van der Waals surface area contributed by atoms with Crippen molar-refractivity contribution in [1.82, 2.24) is 0 Å². The number of nitro groups is 1. The van der Waals surface area contributed by atoms with E-state index in [1.54, 1.807) is 0 Å². The van der Waals surface area contributed by atoms with Crippen molar-refractivity contribution in [3.63, 3.8) is 0 Å². The molecule has 0 aliphatic rings. The molecule has 8 heteroatoms. The van der Waals surface area contributed by atoms with Crippen molar-refractivity contribution in [2.24, 2.45) is 0 Å². The van der Waals surface area contributed by atoms with Gasteiger partial charge in [-0.3, -0.25) is 19.7 Å². The minimum Gasteiger partial charge on any atom is -0.480 e. The fraction of sp³-hybridized carbons (Fsp3) is 0.200. The third kappa shape index (κ3) is 1.99. The quantitative estimate of drug-likeness (QED) is 0.474. The molecule has 7 nitrogen and oxygen atoms in total. The van der Waals surface area contributed by atoms with Gasteiger partial charge in [-0.15, -0.1) is 0 Å². The highest BCUT2D eigenvalue weighted by atomic mass is 19.1. The van der Waals surface area contributed by atoms with Gasteiger partial charge in [0.1, 0.15) is 5.82 Å². The van der Waals surface area contributed by atoms with Gasteiger partial charge < -0.3 is 10.2 Å². The van der Waals surface area contributed by atoms with Crippen LogP contribution in [0.4, 0.5) is 10.1 Å². The lowest BCUT2D eigenvalue weighted by Crippen LogP contribution is -2.41. The monoisotopic (exact) mass is 257 g/mol. The molecule has 1 aromatic carbocycles. The van der Waals surface area contributed by atoms with Crippen LogP contribution in [0.1, 0.15) is 12.5 Å². The average molecular weight is 257 g/mol. The molecule has 0 saturated heterocycles. The number of carbonyl (C=O) groups is 2. The van der Waals surface area contributed by atoms with Gasteiger partial charge in [-0.1, -0.05) is 0 Å². The molecule has 0 aromatic heterocycles. The van der Waals surface area contributed by atoms with Crippen LogP contribution >= 0.6 is 0 Å². The van der Waals surface area contributed by atoms with Crippen LogP contribution < -0.4 is 0 Å². The third-order valence-electron chi connectivity index (χ3n) is 2.55. The Morgan fingerprint density at radius 3 is 2.22 bits per heavy atom. The third-order valence-corrected chi connectivity index (χ3v) is 2.55. The second-order valence-corrected chi connectivity index (χ2v) is 3.65. The van der Waals surface area contributed by atoms with Gasteiger partial charge in [-0.25, -0.2) is 4.39 Å². The Bertz CT molecular complexity index is 527. The van der Waals surface area contributed by atoms with Crippen LogP contribution in [0.15, 0.2) is 18.2 Å². The Hall–Kier alpha value is -2.51. The number of benzene rings is 1. The van der Waals surface area contributed by atoms with E-state index < -0.39 is 39.3 Å². The molecule has 0 atom stereocenters. The van der Waals surface area contributed by atoms with Crippen LogP contribution in [0.2, 0.25) is 0 Å². The number of hydrogen-bond donors (Lipinski definition) is 2. The van der Waals surface area contributed by atoms with Crippen LogP contribution in [-0.2, 0) is 15.0 Å². The first-order valence-electron chi connectivity index (χ1n) is 4.62. The minimum atomic E-state index is -2.52. The van der Waals surface area contributed by atoms with E-state index in [1.165, 1.54) is 0 Å². The Morgan fingerprint density at radius 2 is 1.83 bits per heavy atom. The standard InChI is InChI=1S/C10H8FNO6/c1-10(8(13)14,9(15)16)6-3-2-5(11)4-7(6)12(17)18/h2-4H,1H3,(H,13,14)(H,15,16). The van der Waals surface area contributed by atoms with Crippen LogP contribution in [0.25, 0.3) is 0 Å². The molecule has 0 amide bonds. The van der Waals surface area contributed by atoms with Gasteiger partial charge in [0.25, 0.3) is 5.69 Å². The molecule has 1 aromatic rings. The maximum atomic E-state index is 12.9. The van der Waals surface area contributed by atoms with Gasteiger partial charge in [0.2, 0.25) is 0 Å². The summed E-state index contributed by atoms with van der Waals surface area (Å²) in [6.07, 6.45) is 0. The van der Waals surface area contributed by atoms with Crippen molar-refractivity contribution < 1.29 is 29.1 Å². The molecule has 2 N–H and O–H groups in total. The maximum Gasteiger partial charge on any atom is 0.325 e. The lowest BCUT2D eigenvalue weighted by molar-refractivity contribution is -0.386. The Morgan fingerprint density at radius 1 is 1.33 bits per heavy atom. The number of aliphatic carboxylic acids is 2. The van der Waals surface area contributed by atoms with Gasteiger partial charge in [0.15, 0.2) is 5.41 Å². The summed E-state index contributed by atoms with van der Waals surface area (Å²) in [5.41, 5.74) is -3.99. The Balaban J connectivity index is 3.62. The number of halogens is 1. The van der Waals surface area contributed by atoms with Gasteiger partial charge in [0, 0.05) is 0 Å². The van der Waals surface area contributed by atoms with Crippen molar-refractivity contribution in [2.75, 3.05) is 0 Å². The van der Waals surface area contributed by atoms with Crippen molar-refractivity contribution in [3.8, 4) is 0 Å². The number of carboxylic acid groups (broad SMARTS) is 2. The molecule has 0 saturated carbocycles. The summed E-state index contributed by atoms with van der Waals surface area (Å²) in [6.45, 7) is 0.803. The molecular weight excluding hydrogens is 249 g/mol. The smallest absolute Gasteiger partial charge is 0.325 e. The fourth-order valence-electron chi connectivity index (χ4n) is 1.40. The molecule has 0 aliphatic carbocycles. The molecule has 0 fully saturated rings. The van der Waals surface area contributed by atoms with Crippen LogP contribution in [0.3, 0.4) is 0 Å². The zero-order chi connectivity index (χ0) is 14.1. The van der Waals surface area contributed by atoms with Gasteiger partial charge in [0.05, 0.1) is 16.6 Å². The molecule has 0 unspecified atom stereocenters. The summed E-state index contributed by atoms with van der Waals surface area (Å²) >= 11 is 0. The van der Waals surface area contributed by atoms with E-state index in [4.69, 9.17) is 10.2 Å². The molecular formula is C10H8FNO6. The van der Waals surface area contributed by atoms with Crippen molar-refractivity contribution in [2.45, 2.75) is 12.3 Å². The van der Waals surface area contributed by atoms with Gasteiger partial charge in [-0.05, 0) is 19.1 Å². The summed E-state index contributed by atoms with van der Waals surface area (Å²) in [4.78, 5) is 31.7. The van der Waals surface area contributed by atoms with Crippen molar-refractivity contribution >= 4 is 17.6 Å². The van der Waals surface area contributed by atoms with Crippen LogP contribution in [-0.4, -0.2) is 27.1 Å². The molecule has 0 radical (unpaired) electrons. The SMILES string of the molecule is CC(C(=O)O)(C(=O)O)c1ccc(F)cc1[N+](=O)[O-]. The molecule has 1 rings (SSSR count). The first-order chi connectivity index (χ1) is 8.21. The van der Waals surface area contributed by atoms with Crippen molar-refractivity contribution in [1.29, 1.82) is 0 Å². The fourth-order valence-corrected chi connectivity index (χ4v) is 1.40. The number of nitro benzene ring substituents is 1. The zero-order valence-electron chi connectivity index (χ0n) is 9.08. The van der Waals surface area contributed by atoms with E-state index in [2.05, 4.69) is 0 Å². The lowest BCUT2D eigenvalue weighted by atomic mass is 9.81. The average Bonchev–Trinajstić information content (AvgIpc) is 2.27. The molecule has 0 heterocycles. The highest BCUT2D eigenvalue weighted by Gasteiger charge is 2.47. The number of carboxylic acids is 2. The molecule has 0 spiro atoms. The Labute approximate surface area is 99.6 Å². The summed E-state index contributed by atoms with van der Waals surface area (Å²) in [7, 11) is 0. The number of nitrogens with zero attached hydrogens (tertiary/aromatic N) is 1. The molecule has 0 aliphatic heterocycles. The van der Waals surface area contributed by atoms with E-state index in [0.29, 0.717) is 6.07 Å². The zero-order valence-corrected chi connectivity index (χ0v) is 9.08. The lowest BCUT2D eigenvalue weighted by Gasteiger charge is -2.19. The normalized spacial score (nSPS) is 11.0. The highest BCUT2D eigenvalue weighted by Crippen LogP contribution is 2.33. The minimum absolute atomic E-state index is 0.486. The van der Waals surface area contributed by atoms with E-state index in [0.717, 1.165) is 19.1 Å². The molecule has 96 valence electrons. The van der Waals surface area contributed by atoms with Crippen molar-refractivity contribution in [3.05, 3.63) is 39.7 Å². The first-order valence-corrected chi connectivity index (χ1v) is 4.62. The van der Waals surface area contributed by atoms with E-state index in [1.807, 2.05) is 0 Å². The number of rotatable bonds is 4. The molecule has 0 bridgehead atoms. The van der Waals surface area contributed by atoms with E-state index >= 15 is 0 Å². The van der Waals surface area contributed by atoms with Gasteiger partial charge >= 0.3 is 11.9 Å². The topological polar surface area (TPSA) is 118 Å². The summed E-state index contributed by atoms with van der Waals surface area (Å²) < 4.78 is 12.9. The second kappa shape index (κ2) is 4.40. The number of hydrogen-bond acceptors (Lipinski definition) is 4. The highest BCUT2D eigenvalue weighted by molar-refractivity contribution is 6.05. The molecule has 18 heavy (non-hydrogen) atoms.